The number of oxime groups is 1. The largest absolute Gasteiger partial charge is 0.409 e. The first-order valence-electron chi connectivity index (χ1n) is 7.01. The van der Waals surface area contributed by atoms with E-state index >= 15 is 0 Å². The zero-order valence-corrected chi connectivity index (χ0v) is 11.3. The topological polar surface area (TPSA) is 87.7 Å². The average Bonchev–Trinajstić information content (AvgIpc) is 2.79. The van der Waals surface area contributed by atoms with E-state index in [1.807, 2.05) is 12.1 Å². The Labute approximate surface area is 117 Å². The van der Waals surface area contributed by atoms with Crippen molar-refractivity contribution in [2.45, 2.75) is 38.1 Å². The minimum absolute atomic E-state index is 0.0387. The molecule has 0 aliphatic heterocycles. The predicted octanol–water partition coefficient (Wildman–Crippen LogP) is 1.19. The Morgan fingerprint density at radius 1 is 1.30 bits per heavy atom. The van der Waals surface area contributed by atoms with E-state index < -0.39 is 5.41 Å². The fraction of sp³-hybridized carbons (Fsp3) is 0.467. The summed E-state index contributed by atoms with van der Waals surface area (Å²) in [6, 6.07) is 8.36. The molecule has 0 spiro atoms. The van der Waals surface area contributed by atoms with Gasteiger partial charge in [-0.3, -0.25) is 4.79 Å². The molecule has 20 heavy (non-hydrogen) atoms. The fourth-order valence-corrected chi connectivity index (χ4v) is 3.21. The molecule has 0 bridgehead atoms. The van der Waals surface area contributed by atoms with Crippen LogP contribution >= 0.6 is 0 Å². The monoisotopic (exact) mass is 273 g/mol. The van der Waals surface area contributed by atoms with Gasteiger partial charge in [0.15, 0.2) is 5.84 Å². The summed E-state index contributed by atoms with van der Waals surface area (Å²) >= 11 is 0. The van der Waals surface area contributed by atoms with Crippen molar-refractivity contribution in [3.63, 3.8) is 0 Å². The van der Waals surface area contributed by atoms with E-state index in [0.29, 0.717) is 12.8 Å². The number of amidine groups is 1. The highest BCUT2D eigenvalue weighted by atomic mass is 16.4. The Morgan fingerprint density at radius 2 is 1.90 bits per heavy atom. The molecule has 0 saturated heterocycles. The summed E-state index contributed by atoms with van der Waals surface area (Å²) in [5.41, 5.74) is 7.51. The van der Waals surface area contributed by atoms with Crippen molar-refractivity contribution >= 4 is 11.7 Å². The van der Waals surface area contributed by atoms with E-state index in [9.17, 15) is 4.79 Å². The molecule has 0 unspecified atom stereocenters. The van der Waals surface area contributed by atoms with Crippen molar-refractivity contribution in [2.24, 2.45) is 16.3 Å². The van der Waals surface area contributed by atoms with Crippen molar-refractivity contribution in [2.75, 3.05) is 0 Å². The van der Waals surface area contributed by atoms with E-state index in [0.717, 1.165) is 19.3 Å². The number of benzene rings is 1. The number of rotatable bonds is 3. The molecule has 106 valence electrons. The summed E-state index contributed by atoms with van der Waals surface area (Å²) in [5.74, 6) is -0.0615. The maximum atomic E-state index is 12.5. The summed E-state index contributed by atoms with van der Waals surface area (Å²) in [6.45, 7) is 0. The van der Waals surface area contributed by atoms with Crippen LogP contribution in [0, 0.1) is 5.41 Å². The van der Waals surface area contributed by atoms with Gasteiger partial charge in [0.05, 0.1) is 0 Å². The molecule has 2 aliphatic rings. The van der Waals surface area contributed by atoms with Crippen molar-refractivity contribution < 1.29 is 10.0 Å². The summed E-state index contributed by atoms with van der Waals surface area (Å²) in [7, 11) is 0. The maximum absolute atomic E-state index is 12.5. The molecule has 1 aromatic rings. The van der Waals surface area contributed by atoms with Crippen LogP contribution in [0.5, 0.6) is 0 Å². The number of hydrogen-bond donors (Lipinski definition) is 3. The molecular formula is C15H19N3O2. The van der Waals surface area contributed by atoms with E-state index in [2.05, 4.69) is 22.6 Å². The van der Waals surface area contributed by atoms with Crippen LogP contribution in [0.3, 0.4) is 0 Å². The molecule has 1 aromatic carbocycles. The van der Waals surface area contributed by atoms with Gasteiger partial charge in [0.2, 0.25) is 5.91 Å². The van der Waals surface area contributed by atoms with Crippen molar-refractivity contribution in [1.29, 1.82) is 0 Å². The Balaban J connectivity index is 1.69. The number of carbonyl (C=O) groups is 1. The highest BCUT2D eigenvalue weighted by Crippen LogP contribution is 2.41. The minimum atomic E-state index is -0.788. The number of nitrogens with two attached hydrogens (primary N) is 1. The number of amides is 1. The quantitative estimate of drug-likeness (QED) is 0.334. The minimum Gasteiger partial charge on any atom is -0.409 e. The third-order valence-corrected chi connectivity index (χ3v) is 4.63. The van der Waals surface area contributed by atoms with Gasteiger partial charge in [0.1, 0.15) is 5.41 Å². The molecular weight excluding hydrogens is 254 g/mol. The molecule has 4 N–H and O–H groups in total. The van der Waals surface area contributed by atoms with Crippen LogP contribution in [-0.2, 0) is 17.6 Å². The van der Waals surface area contributed by atoms with E-state index in [4.69, 9.17) is 10.9 Å². The Morgan fingerprint density at radius 3 is 2.35 bits per heavy atom. The summed E-state index contributed by atoms with van der Waals surface area (Å²) in [5, 5.41) is 15.0. The van der Waals surface area contributed by atoms with Gasteiger partial charge >= 0.3 is 0 Å². The van der Waals surface area contributed by atoms with Crippen LogP contribution in [0.25, 0.3) is 0 Å². The second kappa shape index (κ2) is 4.81. The number of nitrogens with zero attached hydrogens (tertiary/aromatic N) is 1. The maximum Gasteiger partial charge on any atom is 0.234 e. The number of nitrogens with one attached hydrogen (secondary N) is 1. The summed E-state index contributed by atoms with van der Waals surface area (Å²) < 4.78 is 0. The lowest BCUT2D eigenvalue weighted by Gasteiger charge is -2.39. The first-order chi connectivity index (χ1) is 9.65. The second-order valence-corrected chi connectivity index (χ2v) is 5.77. The summed E-state index contributed by atoms with van der Waals surface area (Å²) in [6.07, 6.45) is 3.97. The molecule has 1 amide bonds. The van der Waals surface area contributed by atoms with E-state index in [-0.39, 0.29) is 17.8 Å². The van der Waals surface area contributed by atoms with Gasteiger partial charge in [-0.05, 0) is 36.8 Å². The van der Waals surface area contributed by atoms with Gasteiger partial charge in [-0.2, -0.15) is 0 Å². The van der Waals surface area contributed by atoms with Crippen LogP contribution < -0.4 is 11.1 Å². The van der Waals surface area contributed by atoms with Crippen molar-refractivity contribution in [3.8, 4) is 0 Å². The molecule has 0 atom stereocenters. The Hall–Kier alpha value is -2.04. The van der Waals surface area contributed by atoms with Crippen LogP contribution in [0.15, 0.2) is 29.4 Å². The lowest BCUT2D eigenvalue weighted by molar-refractivity contribution is -0.131. The lowest BCUT2D eigenvalue weighted by atomic mass is 9.67. The molecule has 1 fully saturated rings. The Bertz CT molecular complexity index is 539. The summed E-state index contributed by atoms with van der Waals surface area (Å²) in [4.78, 5) is 12.5. The highest BCUT2D eigenvalue weighted by molar-refractivity contribution is 6.07. The molecule has 1 saturated carbocycles. The molecule has 5 heteroatoms. The smallest absolute Gasteiger partial charge is 0.234 e. The number of fused-ring (bicyclic) bond motifs is 1. The van der Waals surface area contributed by atoms with Gasteiger partial charge in [-0.15, -0.1) is 0 Å². The molecule has 0 heterocycles. The third kappa shape index (κ3) is 1.94. The molecule has 2 aliphatic carbocycles. The molecule has 3 rings (SSSR count). The molecule has 0 aromatic heterocycles. The normalized spacial score (nSPS) is 21.1. The van der Waals surface area contributed by atoms with Gasteiger partial charge in [0, 0.05) is 6.04 Å². The van der Waals surface area contributed by atoms with E-state index in [1.54, 1.807) is 0 Å². The first-order valence-corrected chi connectivity index (χ1v) is 7.01. The molecule has 0 radical (unpaired) electrons. The zero-order valence-electron chi connectivity index (χ0n) is 11.3. The van der Waals surface area contributed by atoms with E-state index in [1.165, 1.54) is 11.1 Å². The number of carbonyl (C=O) groups excluding carboxylic acids is 1. The fourth-order valence-electron chi connectivity index (χ4n) is 3.21. The van der Waals surface area contributed by atoms with Crippen LogP contribution in [0.1, 0.15) is 30.4 Å². The van der Waals surface area contributed by atoms with Crippen LogP contribution in [0.4, 0.5) is 0 Å². The van der Waals surface area contributed by atoms with Crippen molar-refractivity contribution in [1.82, 2.24) is 5.32 Å². The second-order valence-electron chi connectivity index (χ2n) is 5.77. The molecule has 5 nitrogen and oxygen atoms in total. The predicted molar refractivity (Wildman–Crippen MR) is 75.5 cm³/mol. The van der Waals surface area contributed by atoms with Gasteiger partial charge in [0.25, 0.3) is 0 Å². The van der Waals surface area contributed by atoms with Gasteiger partial charge < -0.3 is 16.3 Å². The van der Waals surface area contributed by atoms with Crippen molar-refractivity contribution in [3.05, 3.63) is 35.4 Å². The third-order valence-electron chi connectivity index (χ3n) is 4.63. The Kier molecular flexibility index (Phi) is 3.12. The zero-order chi connectivity index (χ0) is 14.2. The lowest BCUT2D eigenvalue weighted by Crippen LogP contribution is -2.56. The highest BCUT2D eigenvalue weighted by Gasteiger charge is 2.49. The average molecular weight is 273 g/mol. The van der Waals surface area contributed by atoms with Crippen LogP contribution in [-0.4, -0.2) is 23.0 Å². The van der Waals surface area contributed by atoms with Crippen LogP contribution in [0.2, 0.25) is 0 Å². The standard InChI is InChI=1S/C15H19N3O2/c16-13(18-20)15(6-3-7-15)14(19)17-12-8-10-4-1-2-5-11(10)9-12/h1-2,4-5,12,20H,3,6-9H2,(H2,16,18)(H,17,19). The SMILES string of the molecule is N/C(=N/O)C1(C(=O)NC2Cc3ccccc3C2)CCC1. The first kappa shape index (κ1) is 13.0. The number of hydrogen-bond acceptors (Lipinski definition) is 3. The van der Waals surface area contributed by atoms with Gasteiger partial charge in [-0.1, -0.05) is 35.8 Å². The van der Waals surface area contributed by atoms with Gasteiger partial charge in [-0.25, -0.2) is 0 Å².